The second kappa shape index (κ2) is 20.8. The lowest BCUT2D eigenvalue weighted by Crippen LogP contribution is -2.24. The van der Waals surface area contributed by atoms with Crippen molar-refractivity contribution in [2.24, 2.45) is 0 Å². The predicted octanol–water partition coefficient (Wildman–Crippen LogP) is 4.32. The van der Waals surface area contributed by atoms with Crippen molar-refractivity contribution >= 4 is 15.4 Å². The van der Waals surface area contributed by atoms with Crippen LogP contribution in [0, 0.1) is 5.41 Å². The fraction of sp³-hybridized carbons (Fsp3) is 0.933. The van der Waals surface area contributed by atoms with E-state index in [4.69, 9.17) is 19.1 Å². The molecular formula is C15H33NO3Si. The SMILES string of the molecule is CCCCCC[SiH](OCCCC)OCCCC.N=C=O. The highest BCUT2D eigenvalue weighted by atomic mass is 28.3. The van der Waals surface area contributed by atoms with E-state index in [0.717, 1.165) is 19.3 Å². The van der Waals surface area contributed by atoms with Crippen LogP contribution < -0.4 is 0 Å². The predicted molar refractivity (Wildman–Crippen MR) is 86.2 cm³/mol. The number of hydrogen-bond donors (Lipinski definition) is 1. The van der Waals surface area contributed by atoms with Gasteiger partial charge in [-0.1, -0.05) is 59.3 Å². The van der Waals surface area contributed by atoms with E-state index in [1.54, 1.807) is 0 Å². The Balaban J connectivity index is 0. The quantitative estimate of drug-likeness (QED) is 0.238. The minimum atomic E-state index is -1.34. The van der Waals surface area contributed by atoms with Crippen LogP contribution in [-0.2, 0) is 13.6 Å². The summed E-state index contributed by atoms with van der Waals surface area (Å²) < 4.78 is 11.9. The lowest BCUT2D eigenvalue weighted by molar-refractivity contribution is 0.190. The minimum Gasteiger partial charge on any atom is -0.397 e. The summed E-state index contributed by atoms with van der Waals surface area (Å²) in [5.41, 5.74) is 0. The molecule has 1 N–H and O–H groups in total. The molecule has 20 heavy (non-hydrogen) atoms. The fourth-order valence-electron chi connectivity index (χ4n) is 1.67. The van der Waals surface area contributed by atoms with Crippen molar-refractivity contribution in [2.45, 2.75) is 78.2 Å². The molecule has 0 saturated heterocycles. The first kappa shape index (κ1) is 21.8. The van der Waals surface area contributed by atoms with Gasteiger partial charge in [-0.15, -0.1) is 0 Å². The van der Waals surface area contributed by atoms with Gasteiger partial charge in [0.1, 0.15) is 0 Å². The number of carbonyl (C=O) groups excluding carboxylic acids is 1. The van der Waals surface area contributed by atoms with E-state index in [1.165, 1.54) is 57.4 Å². The van der Waals surface area contributed by atoms with Gasteiger partial charge in [-0.2, -0.15) is 0 Å². The number of nitrogens with one attached hydrogen (secondary N) is 1. The third-order valence-electron chi connectivity index (χ3n) is 2.90. The highest BCUT2D eigenvalue weighted by molar-refractivity contribution is 6.44. The highest BCUT2D eigenvalue weighted by Gasteiger charge is 2.12. The molecule has 0 aliphatic heterocycles. The van der Waals surface area contributed by atoms with Crippen LogP contribution >= 0.6 is 0 Å². The van der Waals surface area contributed by atoms with Crippen LogP contribution in [0.2, 0.25) is 6.04 Å². The molecule has 0 spiro atoms. The summed E-state index contributed by atoms with van der Waals surface area (Å²) >= 11 is 0. The van der Waals surface area contributed by atoms with Crippen molar-refractivity contribution in [1.29, 1.82) is 5.41 Å². The van der Waals surface area contributed by atoms with Gasteiger partial charge in [-0.05, 0) is 18.9 Å². The van der Waals surface area contributed by atoms with E-state index in [0.29, 0.717) is 0 Å². The summed E-state index contributed by atoms with van der Waals surface area (Å²) in [7, 11) is -1.34. The molecule has 0 fully saturated rings. The van der Waals surface area contributed by atoms with E-state index in [1.807, 2.05) is 0 Å². The molecule has 0 saturated carbocycles. The average molecular weight is 304 g/mol. The van der Waals surface area contributed by atoms with Gasteiger partial charge < -0.3 is 8.85 Å². The number of hydrogen-bond acceptors (Lipinski definition) is 4. The molecule has 0 heterocycles. The van der Waals surface area contributed by atoms with Gasteiger partial charge in [0, 0.05) is 13.2 Å². The Labute approximate surface area is 126 Å². The molecule has 4 nitrogen and oxygen atoms in total. The van der Waals surface area contributed by atoms with E-state index >= 15 is 0 Å². The topological polar surface area (TPSA) is 59.4 Å². The van der Waals surface area contributed by atoms with Crippen LogP contribution in [0.1, 0.15) is 72.1 Å². The van der Waals surface area contributed by atoms with Crippen molar-refractivity contribution in [3.05, 3.63) is 0 Å². The number of unbranched alkanes of at least 4 members (excludes halogenated alkanes) is 5. The van der Waals surface area contributed by atoms with Crippen LogP contribution in [-0.4, -0.2) is 28.6 Å². The molecule has 0 aliphatic carbocycles. The Morgan fingerprint density at radius 3 is 1.70 bits per heavy atom. The van der Waals surface area contributed by atoms with E-state index < -0.39 is 9.28 Å². The molecule has 0 radical (unpaired) electrons. The molecule has 0 aliphatic rings. The van der Waals surface area contributed by atoms with Gasteiger partial charge in [0.15, 0.2) is 0 Å². The molecule has 0 aromatic heterocycles. The lowest BCUT2D eigenvalue weighted by Gasteiger charge is -2.16. The van der Waals surface area contributed by atoms with Gasteiger partial charge in [-0.25, -0.2) is 10.2 Å². The molecular weight excluding hydrogens is 270 g/mol. The lowest BCUT2D eigenvalue weighted by atomic mass is 10.2. The van der Waals surface area contributed by atoms with E-state index in [-0.39, 0.29) is 0 Å². The van der Waals surface area contributed by atoms with Gasteiger partial charge in [0.05, 0.1) is 0 Å². The molecule has 0 atom stereocenters. The molecule has 0 aromatic rings. The Hall–Kier alpha value is -0.483. The first-order valence-corrected chi connectivity index (χ1v) is 9.79. The van der Waals surface area contributed by atoms with Crippen LogP contribution in [0.15, 0.2) is 0 Å². The summed E-state index contributed by atoms with van der Waals surface area (Å²) in [5, 5.41) is 5.40. The van der Waals surface area contributed by atoms with Gasteiger partial charge in [0.25, 0.3) is 0 Å². The maximum Gasteiger partial charge on any atom is 0.321 e. The number of rotatable bonds is 13. The highest BCUT2D eigenvalue weighted by Crippen LogP contribution is 2.09. The monoisotopic (exact) mass is 303 g/mol. The summed E-state index contributed by atoms with van der Waals surface area (Å²) in [6.45, 7) is 8.49. The first-order valence-electron chi connectivity index (χ1n) is 8.03. The zero-order valence-corrected chi connectivity index (χ0v) is 14.7. The van der Waals surface area contributed by atoms with E-state index in [9.17, 15) is 0 Å². The second-order valence-corrected chi connectivity index (χ2v) is 6.93. The first-order chi connectivity index (χ1) is 9.76. The minimum absolute atomic E-state index is 0.750. The average Bonchev–Trinajstić information content (AvgIpc) is 2.44. The molecule has 5 heteroatoms. The van der Waals surface area contributed by atoms with Gasteiger partial charge in [-0.3, -0.25) is 0 Å². The third-order valence-corrected chi connectivity index (χ3v) is 4.99. The summed E-state index contributed by atoms with van der Waals surface area (Å²) in [4.78, 5) is 8.35. The van der Waals surface area contributed by atoms with Crippen molar-refractivity contribution in [1.82, 2.24) is 0 Å². The molecule has 0 bridgehead atoms. The smallest absolute Gasteiger partial charge is 0.321 e. The Bertz CT molecular complexity index is 199. The molecule has 0 unspecified atom stereocenters. The third kappa shape index (κ3) is 19.8. The summed E-state index contributed by atoms with van der Waals surface area (Å²) in [5.74, 6) is 0. The standard InChI is InChI=1S/C14H32O2Si.CHNO/c1-4-7-10-11-14-17(15-12-8-5-2)16-13-9-6-3;2-1-3/h17H,4-14H2,1-3H3;2H. The maximum absolute atomic E-state index is 8.35. The summed E-state index contributed by atoms with van der Waals surface area (Å²) in [6.07, 6.45) is 10.8. The second-order valence-electron chi connectivity index (χ2n) is 4.83. The van der Waals surface area contributed by atoms with Gasteiger partial charge >= 0.3 is 9.28 Å². The van der Waals surface area contributed by atoms with Crippen LogP contribution in [0.4, 0.5) is 0 Å². The van der Waals surface area contributed by atoms with Crippen molar-refractivity contribution in [2.75, 3.05) is 13.2 Å². The van der Waals surface area contributed by atoms with Crippen molar-refractivity contribution in [3.63, 3.8) is 0 Å². The molecule has 120 valence electrons. The zero-order valence-electron chi connectivity index (χ0n) is 13.6. The van der Waals surface area contributed by atoms with E-state index in [2.05, 4.69) is 20.8 Å². The zero-order chi connectivity index (χ0) is 15.5. The fourth-order valence-corrected chi connectivity index (χ4v) is 3.58. The number of isocyanates is 1. The largest absolute Gasteiger partial charge is 0.397 e. The Kier molecular flexibility index (Phi) is 22.7. The van der Waals surface area contributed by atoms with Crippen molar-refractivity contribution < 1.29 is 13.6 Å². The normalized spacial score (nSPS) is 10.0. The summed E-state index contributed by atoms with van der Waals surface area (Å²) in [6, 6.07) is 1.20. The molecule has 0 rings (SSSR count). The van der Waals surface area contributed by atoms with Gasteiger partial charge in [0.2, 0.25) is 6.08 Å². The maximum atomic E-state index is 8.35. The Morgan fingerprint density at radius 2 is 1.30 bits per heavy atom. The van der Waals surface area contributed by atoms with Crippen LogP contribution in [0.25, 0.3) is 0 Å². The van der Waals surface area contributed by atoms with Crippen molar-refractivity contribution in [3.8, 4) is 0 Å². The molecule has 0 amide bonds. The van der Waals surface area contributed by atoms with Crippen LogP contribution in [0.3, 0.4) is 0 Å². The van der Waals surface area contributed by atoms with Crippen LogP contribution in [0.5, 0.6) is 0 Å². The molecule has 0 aromatic carbocycles. The Morgan fingerprint density at radius 1 is 0.850 bits per heavy atom.